The summed E-state index contributed by atoms with van der Waals surface area (Å²) in [5.41, 5.74) is 0. The highest BCUT2D eigenvalue weighted by molar-refractivity contribution is 14.1. The number of hydrogen-bond donors (Lipinski definition) is 0. The number of alkyl halides is 17. The summed E-state index contributed by atoms with van der Waals surface area (Å²) in [5, 5.41) is 0. The third-order valence-corrected chi connectivity index (χ3v) is 5.34. The van der Waals surface area contributed by atoms with Crippen molar-refractivity contribution in [3.05, 3.63) is 0 Å². The zero-order valence-electron chi connectivity index (χ0n) is 14.2. The molecule has 0 aromatic carbocycles. The average Bonchev–Trinajstić information content (AvgIpc) is 2.50. The number of hydrogen-bond acceptors (Lipinski definition) is 0. The summed E-state index contributed by atoms with van der Waals surface area (Å²) < 4.78 is 206. The maximum Gasteiger partial charge on any atom is 0.460 e. The first-order chi connectivity index (χ1) is 12.8. The summed E-state index contributed by atoms with van der Waals surface area (Å²) >= 11 is 1.26. The predicted molar refractivity (Wildman–Crippen MR) is 77.7 cm³/mol. The van der Waals surface area contributed by atoms with Crippen LogP contribution in [0.25, 0.3) is 0 Å². The summed E-state index contributed by atoms with van der Waals surface area (Å²) in [6, 6.07) is 0. The van der Waals surface area contributed by atoms with Gasteiger partial charge in [0.1, 0.15) is 0 Å². The SMILES string of the molecule is CCC(I)CC(CC(F)(F)C(F)(F)C(F)(F)C(F)(F)C(F)(F)C(F)(F)F)C(F)(F)F. The van der Waals surface area contributed by atoms with E-state index in [0.29, 0.717) is 0 Å². The average molecular weight is 598 g/mol. The van der Waals surface area contributed by atoms with Crippen LogP contribution < -0.4 is 0 Å². The lowest BCUT2D eigenvalue weighted by atomic mass is 9.87. The molecule has 0 fully saturated rings. The predicted octanol–water partition coefficient (Wildman–Crippen LogP) is 7.90. The number of rotatable bonds is 9. The standard InChI is InChI=1S/C13H11F16I/c1-2-6(30)3-5(8(16,17)18)4-7(14,15)9(19,20)10(21,22)11(23,24)12(25,26)13(27,28)29/h5-6H,2-4H2,1H3. The molecular weight excluding hydrogens is 587 g/mol. The van der Waals surface area contributed by atoms with Crippen LogP contribution in [-0.4, -0.2) is 45.9 Å². The van der Waals surface area contributed by atoms with Gasteiger partial charge in [-0.2, -0.15) is 70.2 Å². The molecule has 0 rings (SSSR count). The minimum Gasteiger partial charge on any atom is -0.200 e. The van der Waals surface area contributed by atoms with E-state index in [1.165, 1.54) is 29.5 Å². The summed E-state index contributed by atoms with van der Waals surface area (Å²) in [6.45, 7) is 1.23. The van der Waals surface area contributed by atoms with E-state index >= 15 is 0 Å². The van der Waals surface area contributed by atoms with Gasteiger partial charge in [0.15, 0.2) is 0 Å². The molecule has 0 bridgehead atoms. The highest BCUT2D eigenvalue weighted by Crippen LogP contribution is 2.61. The molecule has 30 heavy (non-hydrogen) atoms. The van der Waals surface area contributed by atoms with Crippen LogP contribution >= 0.6 is 22.6 Å². The zero-order chi connectivity index (χ0) is 24.8. The molecule has 0 aliphatic carbocycles. The highest BCUT2D eigenvalue weighted by Gasteiger charge is 2.90. The van der Waals surface area contributed by atoms with E-state index in [1.54, 1.807) is 0 Å². The maximum absolute atomic E-state index is 13.7. The Balaban J connectivity index is 6.28. The minimum atomic E-state index is -8.13. The quantitative estimate of drug-likeness (QED) is 0.144. The second kappa shape index (κ2) is 8.51. The smallest absolute Gasteiger partial charge is 0.200 e. The summed E-state index contributed by atoms with van der Waals surface area (Å²) in [5.74, 6) is -42.1. The molecule has 17 heteroatoms. The second-order valence-electron chi connectivity index (χ2n) is 6.18. The van der Waals surface area contributed by atoms with Crippen LogP contribution in [0.1, 0.15) is 26.2 Å². The lowest BCUT2D eigenvalue weighted by Crippen LogP contribution is -2.70. The monoisotopic (exact) mass is 598 g/mol. The topological polar surface area (TPSA) is 0 Å². The second-order valence-corrected chi connectivity index (χ2v) is 7.95. The fourth-order valence-corrected chi connectivity index (χ4v) is 2.66. The molecule has 0 aromatic rings. The van der Waals surface area contributed by atoms with Crippen molar-refractivity contribution in [1.29, 1.82) is 0 Å². The Morgan fingerprint density at radius 3 is 1.27 bits per heavy atom. The first-order valence-electron chi connectivity index (χ1n) is 7.47. The van der Waals surface area contributed by atoms with Crippen LogP contribution in [0.3, 0.4) is 0 Å². The van der Waals surface area contributed by atoms with Gasteiger partial charge in [-0.1, -0.05) is 29.5 Å². The molecule has 0 aliphatic heterocycles. The Bertz CT molecular complexity index is 575. The van der Waals surface area contributed by atoms with Gasteiger partial charge >= 0.3 is 42.0 Å². The lowest BCUT2D eigenvalue weighted by molar-refractivity contribution is -0.441. The van der Waals surface area contributed by atoms with E-state index in [1.807, 2.05) is 0 Å². The molecule has 0 nitrogen and oxygen atoms in total. The molecule has 0 amide bonds. The molecule has 0 spiro atoms. The van der Waals surface area contributed by atoms with Crippen LogP contribution in [-0.2, 0) is 0 Å². The Hall–Kier alpha value is -0.390. The largest absolute Gasteiger partial charge is 0.460 e. The van der Waals surface area contributed by atoms with Gasteiger partial charge in [0.05, 0.1) is 5.92 Å². The van der Waals surface area contributed by atoms with Crippen molar-refractivity contribution in [2.75, 3.05) is 0 Å². The molecule has 0 heterocycles. The van der Waals surface area contributed by atoms with Crippen molar-refractivity contribution in [2.45, 2.75) is 72.1 Å². The van der Waals surface area contributed by atoms with E-state index in [9.17, 15) is 70.2 Å². The van der Waals surface area contributed by atoms with E-state index in [-0.39, 0.29) is 6.42 Å². The van der Waals surface area contributed by atoms with Crippen molar-refractivity contribution >= 4 is 22.6 Å². The van der Waals surface area contributed by atoms with Crippen LogP contribution in [0.4, 0.5) is 70.2 Å². The van der Waals surface area contributed by atoms with Gasteiger partial charge in [0, 0.05) is 10.3 Å². The van der Waals surface area contributed by atoms with Gasteiger partial charge < -0.3 is 0 Å². The van der Waals surface area contributed by atoms with Gasteiger partial charge in [-0.3, -0.25) is 0 Å². The molecule has 0 aromatic heterocycles. The Kier molecular flexibility index (Phi) is 8.40. The van der Waals surface area contributed by atoms with E-state index in [0.717, 1.165) is 0 Å². The summed E-state index contributed by atoms with van der Waals surface area (Å²) in [7, 11) is 0. The van der Waals surface area contributed by atoms with Crippen LogP contribution in [0, 0.1) is 5.92 Å². The first kappa shape index (κ1) is 29.6. The highest BCUT2D eigenvalue weighted by atomic mass is 127. The Labute approximate surface area is 171 Å². The van der Waals surface area contributed by atoms with Crippen molar-refractivity contribution in [1.82, 2.24) is 0 Å². The molecule has 0 aliphatic rings. The fraction of sp³-hybridized carbons (Fsp3) is 1.00. The van der Waals surface area contributed by atoms with Gasteiger partial charge in [-0.05, 0) is 12.8 Å². The van der Waals surface area contributed by atoms with Gasteiger partial charge in [0.25, 0.3) is 0 Å². The summed E-state index contributed by atoms with van der Waals surface area (Å²) in [4.78, 5) is 0. The zero-order valence-corrected chi connectivity index (χ0v) is 16.4. The van der Waals surface area contributed by atoms with Crippen LogP contribution in [0.5, 0.6) is 0 Å². The first-order valence-corrected chi connectivity index (χ1v) is 8.72. The Morgan fingerprint density at radius 1 is 0.600 bits per heavy atom. The van der Waals surface area contributed by atoms with E-state index < -0.39 is 64.6 Å². The molecule has 0 N–H and O–H groups in total. The fourth-order valence-electron chi connectivity index (χ4n) is 2.05. The van der Waals surface area contributed by atoms with E-state index in [4.69, 9.17) is 0 Å². The summed E-state index contributed by atoms with van der Waals surface area (Å²) in [6.07, 6.45) is -18.1. The molecule has 2 unspecified atom stereocenters. The van der Waals surface area contributed by atoms with Crippen molar-refractivity contribution in [3.8, 4) is 0 Å². The normalized spacial score (nSPS) is 17.8. The van der Waals surface area contributed by atoms with Crippen LogP contribution in [0.15, 0.2) is 0 Å². The lowest BCUT2D eigenvalue weighted by Gasteiger charge is -2.40. The molecular formula is C13H11F16I. The van der Waals surface area contributed by atoms with Crippen LogP contribution in [0.2, 0.25) is 0 Å². The van der Waals surface area contributed by atoms with Crippen molar-refractivity contribution < 1.29 is 70.2 Å². The minimum absolute atomic E-state index is 0.152. The Morgan fingerprint density at radius 2 is 0.967 bits per heavy atom. The van der Waals surface area contributed by atoms with Crippen molar-refractivity contribution in [2.24, 2.45) is 5.92 Å². The molecule has 0 saturated heterocycles. The third-order valence-electron chi connectivity index (χ3n) is 3.95. The molecule has 182 valence electrons. The maximum atomic E-state index is 13.7. The van der Waals surface area contributed by atoms with Gasteiger partial charge in [0.2, 0.25) is 0 Å². The van der Waals surface area contributed by atoms with E-state index in [2.05, 4.69) is 0 Å². The van der Waals surface area contributed by atoms with Gasteiger partial charge in [-0.25, -0.2) is 0 Å². The molecule has 0 radical (unpaired) electrons. The van der Waals surface area contributed by atoms with Crippen molar-refractivity contribution in [3.63, 3.8) is 0 Å². The van der Waals surface area contributed by atoms with Gasteiger partial charge in [-0.15, -0.1) is 0 Å². The molecule has 2 atom stereocenters. The molecule has 0 saturated carbocycles. The third kappa shape index (κ3) is 5.15. The number of halogens is 17.